The van der Waals surface area contributed by atoms with Gasteiger partial charge in [0.05, 0.1) is 5.56 Å². The van der Waals surface area contributed by atoms with Crippen molar-refractivity contribution in [2.75, 3.05) is 13.2 Å². The number of rotatable bonds is 4. The predicted octanol–water partition coefficient (Wildman–Crippen LogP) is 2.15. The quantitative estimate of drug-likeness (QED) is 0.568. The molecule has 0 spiro atoms. The van der Waals surface area contributed by atoms with Crippen LogP contribution < -0.4 is 9.64 Å². The first-order valence-electron chi connectivity index (χ1n) is 8.12. The van der Waals surface area contributed by atoms with Gasteiger partial charge >= 0.3 is 5.91 Å². The van der Waals surface area contributed by atoms with Gasteiger partial charge in [0.15, 0.2) is 0 Å². The first kappa shape index (κ1) is 15.4. The second kappa shape index (κ2) is 6.37. The molecule has 1 atom stereocenters. The van der Waals surface area contributed by atoms with Crippen LogP contribution in [0.2, 0.25) is 0 Å². The molecule has 2 N–H and O–H groups in total. The topological polar surface area (TPSA) is 63.3 Å². The number of fused-ring (bicyclic) bond motifs is 2. The summed E-state index contributed by atoms with van der Waals surface area (Å²) in [6.07, 6.45) is 0. The van der Waals surface area contributed by atoms with E-state index in [-0.39, 0.29) is 11.6 Å². The van der Waals surface area contributed by atoms with Crippen LogP contribution in [0.1, 0.15) is 5.56 Å². The van der Waals surface area contributed by atoms with Crippen molar-refractivity contribution in [2.24, 2.45) is 5.16 Å². The van der Waals surface area contributed by atoms with E-state index in [1.807, 2.05) is 60.7 Å². The van der Waals surface area contributed by atoms with Crippen molar-refractivity contribution in [2.45, 2.75) is 0 Å². The van der Waals surface area contributed by atoms with Gasteiger partial charge in [-0.15, -0.1) is 0 Å². The number of amides is 1. The highest BCUT2D eigenvalue weighted by molar-refractivity contribution is 6.45. The molecule has 1 heterocycles. The van der Waals surface area contributed by atoms with E-state index >= 15 is 0 Å². The third kappa shape index (κ3) is 2.64. The molecule has 4 rings (SSSR count). The molecule has 1 aliphatic heterocycles. The van der Waals surface area contributed by atoms with Crippen LogP contribution in [-0.2, 0) is 4.79 Å². The second-order valence-corrected chi connectivity index (χ2v) is 5.88. The fourth-order valence-corrected chi connectivity index (χ4v) is 3.27. The van der Waals surface area contributed by atoms with Crippen LogP contribution in [0.3, 0.4) is 0 Å². The number of hydrogen-bond acceptors (Lipinski definition) is 4. The molecule has 124 valence electrons. The molecule has 0 fully saturated rings. The fourth-order valence-electron chi connectivity index (χ4n) is 3.27. The lowest BCUT2D eigenvalue weighted by atomic mass is 10.1. The number of oxime groups is 1. The minimum absolute atomic E-state index is 0.107. The Balaban J connectivity index is 1.53. The molecule has 25 heavy (non-hydrogen) atoms. The number of para-hydroxylation sites is 1. The summed E-state index contributed by atoms with van der Waals surface area (Å²) >= 11 is 0. The van der Waals surface area contributed by atoms with Crippen LogP contribution >= 0.6 is 0 Å². The van der Waals surface area contributed by atoms with Gasteiger partial charge in [0.25, 0.3) is 0 Å². The summed E-state index contributed by atoms with van der Waals surface area (Å²) in [6, 6.07) is 21.3. The summed E-state index contributed by atoms with van der Waals surface area (Å²) in [7, 11) is 0. The Kier molecular flexibility index (Phi) is 3.91. The summed E-state index contributed by atoms with van der Waals surface area (Å²) in [4.78, 5) is 13.1. The monoisotopic (exact) mass is 333 g/mol. The van der Waals surface area contributed by atoms with E-state index in [4.69, 9.17) is 9.94 Å². The summed E-state index contributed by atoms with van der Waals surface area (Å²) in [5, 5.41) is 14.5. The van der Waals surface area contributed by atoms with Gasteiger partial charge in [-0.1, -0.05) is 53.7 Å². The first-order valence-corrected chi connectivity index (χ1v) is 8.12. The summed E-state index contributed by atoms with van der Waals surface area (Å²) in [5.74, 6) is 0.568. The highest BCUT2D eigenvalue weighted by atomic mass is 16.5. The Bertz CT molecular complexity index is 976. The Morgan fingerprint density at radius 2 is 1.72 bits per heavy atom. The zero-order valence-corrected chi connectivity index (χ0v) is 13.5. The van der Waals surface area contributed by atoms with Gasteiger partial charge < -0.3 is 9.94 Å². The number of benzene rings is 3. The Morgan fingerprint density at radius 3 is 2.60 bits per heavy atom. The van der Waals surface area contributed by atoms with Gasteiger partial charge in [-0.05, 0) is 17.5 Å². The lowest BCUT2D eigenvalue weighted by Crippen LogP contribution is -3.09. The number of carbonyl (C=O) groups is 1. The van der Waals surface area contributed by atoms with E-state index in [0.29, 0.717) is 23.6 Å². The van der Waals surface area contributed by atoms with Crippen molar-refractivity contribution in [3.63, 3.8) is 0 Å². The number of ether oxygens (including phenoxy) is 1. The molecule has 0 radical (unpaired) electrons. The number of hydrogen-bond donors (Lipinski definition) is 2. The van der Waals surface area contributed by atoms with Crippen LogP contribution in [0.5, 0.6) is 5.75 Å². The van der Waals surface area contributed by atoms with Crippen LogP contribution in [0.4, 0.5) is 5.69 Å². The molecule has 5 heteroatoms. The molecule has 0 aromatic heterocycles. The largest absolute Gasteiger partial charge is 0.487 e. The van der Waals surface area contributed by atoms with E-state index in [0.717, 1.165) is 22.2 Å². The zero-order chi connectivity index (χ0) is 17.2. The SMILES string of the molecule is O=C1C(=NO)c2ccccc2[NH+]1CCOc1cccc2ccccc12. The highest BCUT2D eigenvalue weighted by Gasteiger charge is 2.40. The second-order valence-electron chi connectivity index (χ2n) is 5.88. The van der Waals surface area contributed by atoms with Gasteiger partial charge in [0.1, 0.15) is 24.6 Å². The fraction of sp³-hybridized carbons (Fsp3) is 0.100. The molecular weight excluding hydrogens is 316 g/mol. The van der Waals surface area contributed by atoms with Crippen LogP contribution in [0.15, 0.2) is 71.9 Å². The molecule has 1 aliphatic rings. The van der Waals surface area contributed by atoms with Crippen LogP contribution in [-0.4, -0.2) is 30.0 Å². The van der Waals surface area contributed by atoms with Crippen LogP contribution in [0, 0.1) is 0 Å². The van der Waals surface area contributed by atoms with Gasteiger partial charge in [0, 0.05) is 11.5 Å². The molecule has 1 unspecified atom stereocenters. The molecule has 0 aliphatic carbocycles. The number of quaternary nitrogens is 1. The third-order valence-electron chi connectivity index (χ3n) is 4.46. The average molecular weight is 333 g/mol. The van der Waals surface area contributed by atoms with Gasteiger partial charge in [0.2, 0.25) is 5.71 Å². The molecule has 0 saturated carbocycles. The maximum Gasteiger partial charge on any atom is 0.372 e. The average Bonchev–Trinajstić information content (AvgIpc) is 2.93. The number of carbonyl (C=O) groups excluding carboxylic acids is 1. The van der Waals surface area contributed by atoms with E-state index in [1.165, 1.54) is 0 Å². The number of nitrogens with one attached hydrogen (secondary N) is 1. The van der Waals surface area contributed by atoms with Crippen LogP contribution in [0.25, 0.3) is 10.8 Å². The molecular formula is C20H17N2O3+. The van der Waals surface area contributed by atoms with Crippen molar-refractivity contribution >= 4 is 28.1 Å². The van der Waals surface area contributed by atoms with Crippen molar-refractivity contribution in [1.82, 2.24) is 0 Å². The lowest BCUT2D eigenvalue weighted by molar-refractivity contribution is -0.742. The van der Waals surface area contributed by atoms with Gasteiger partial charge in [-0.25, -0.2) is 9.69 Å². The Labute approximate surface area is 144 Å². The van der Waals surface area contributed by atoms with E-state index in [9.17, 15) is 4.79 Å². The molecule has 5 nitrogen and oxygen atoms in total. The third-order valence-corrected chi connectivity index (χ3v) is 4.46. The summed E-state index contributed by atoms with van der Waals surface area (Å²) in [6.45, 7) is 0.834. The highest BCUT2D eigenvalue weighted by Crippen LogP contribution is 2.25. The molecule has 1 amide bonds. The summed E-state index contributed by atoms with van der Waals surface area (Å²) < 4.78 is 5.94. The maximum atomic E-state index is 12.5. The van der Waals surface area contributed by atoms with Crippen molar-refractivity contribution < 1.29 is 19.6 Å². The normalized spacial score (nSPS) is 17.8. The van der Waals surface area contributed by atoms with Gasteiger partial charge in [-0.3, -0.25) is 0 Å². The van der Waals surface area contributed by atoms with Gasteiger partial charge in [-0.2, -0.15) is 0 Å². The minimum Gasteiger partial charge on any atom is -0.487 e. The Hall–Kier alpha value is -3.18. The first-order chi connectivity index (χ1) is 12.3. The number of nitrogens with zero attached hydrogens (tertiary/aromatic N) is 1. The molecule has 3 aromatic rings. The maximum absolute atomic E-state index is 12.5. The standard InChI is InChI=1S/C20H16N2O3/c23-20-19(21-24)16-9-3-4-10-17(16)22(20)12-13-25-18-11-5-7-14-6-1-2-8-15(14)18/h1-11,24H,12-13H2/p+1. The minimum atomic E-state index is -0.231. The van der Waals surface area contributed by atoms with Crippen molar-refractivity contribution in [3.05, 3.63) is 72.3 Å². The zero-order valence-electron chi connectivity index (χ0n) is 13.5. The van der Waals surface area contributed by atoms with Crippen molar-refractivity contribution in [3.8, 4) is 5.75 Å². The molecule has 0 saturated heterocycles. The molecule has 3 aromatic carbocycles. The Morgan fingerprint density at radius 1 is 0.960 bits per heavy atom. The van der Waals surface area contributed by atoms with E-state index < -0.39 is 0 Å². The van der Waals surface area contributed by atoms with E-state index in [1.54, 1.807) is 6.07 Å². The smallest absolute Gasteiger partial charge is 0.372 e. The van der Waals surface area contributed by atoms with Crippen molar-refractivity contribution in [1.29, 1.82) is 0 Å². The molecule has 0 bridgehead atoms. The lowest BCUT2D eigenvalue weighted by Gasteiger charge is -2.13. The summed E-state index contributed by atoms with van der Waals surface area (Å²) in [5.41, 5.74) is 1.60. The van der Waals surface area contributed by atoms with E-state index in [2.05, 4.69) is 5.16 Å². The predicted molar refractivity (Wildman–Crippen MR) is 94.7 cm³/mol.